The molecular weight excluding hydrogens is 260 g/mol. The molecule has 1 fully saturated rings. The molecule has 1 aromatic carbocycles. The van der Waals surface area contributed by atoms with Gasteiger partial charge in [-0.25, -0.2) is 0 Å². The third kappa shape index (κ3) is 3.71. The molecule has 0 radical (unpaired) electrons. The van der Waals surface area contributed by atoms with Gasteiger partial charge in [0.05, 0.1) is 19.8 Å². The van der Waals surface area contributed by atoms with E-state index in [2.05, 4.69) is 0 Å². The Bertz CT molecular complexity index is 452. The lowest BCUT2D eigenvalue weighted by atomic mass is 10.2. The molecule has 2 rings (SSSR count). The van der Waals surface area contributed by atoms with Crippen LogP contribution in [0.1, 0.15) is 38.5 Å². The molecular formula is C15H20O5. The van der Waals surface area contributed by atoms with Gasteiger partial charge in [-0.05, 0) is 31.5 Å². The van der Waals surface area contributed by atoms with E-state index in [9.17, 15) is 4.79 Å². The van der Waals surface area contributed by atoms with E-state index in [4.69, 9.17) is 18.9 Å². The zero-order chi connectivity index (χ0) is 14.4. The van der Waals surface area contributed by atoms with Crippen LogP contribution in [0.3, 0.4) is 0 Å². The van der Waals surface area contributed by atoms with Gasteiger partial charge < -0.3 is 18.9 Å². The molecule has 0 atom stereocenters. The third-order valence-electron chi connectivity index (χ3n) is 2.88. The Kier molecular flexibility index (Phi) is 5.38. The van der Waals surface area contributed by atoms with Crippen molar-refractivity contribution >= 4 is 5.97 Å². The molecule has 0 bridgehead atoms. The van der Waals surface area contributed by atoms with Gasteiger partial charge in [0.25, 0.3) is 0 Å². The van der Waals surface area contributed by atoms with Crippen molar-refractivity contribution < 1.29 is 23.7 Å². The quantitative estimate of drug-likeness (QED) is 0.613. The minimum Gasteiger partial charge on any atom is -0.490 e. The number of hydrogen-bond donors (Lipinski definition) is 0. The second-order valence-electron chi connectivity index (χ2n) is 4.39. The molecule has 1 saturated heterocycles. The molecule has 1 aromatic rings. The molecule has 1 aliphatic heterocycles. The summed E-state index contributed by atoms with van der Waals surface area (Å²) in [5.74, 6) is 0.673. The molecule has 1 heterocycles. The van der Waals surface area contributed by atoms with E-state index in [1.807, 2.05) is 13.0 Å². The van der Waals surface area contributed by atoms with Crippen molar-refractivity contribution in [3.05, 3.63) is 23.8 Å². The number of ether oxygens (including phenoxy) is 4. The molecule has 1 aliphatic rings. The van der Waals surface area contributed by atoms with E-state index in [-0.39, 0.29) is 12.3 Å². The summed E-state index contributed by atoms with van der Waals surface area (Å²) in [6, 6.07) is 5.35. The van der Waals surface area contributed by atoms with Crippen LogP contribution in [0.15, 0.2) is 18.2 Å². The SMILES string of the molecule is CCOc1cc(C2OCCCO2)ccc1OC(=O)CC. The summed E-state index contributed by atoms with van der Waals surface area (Å²) < 4.78 is 21.9. The summed E-state index contributed by atoms with van der Waals surface area (Å²) in [6.07, 6.45) is 0.849. The highest BCUT2D eigenvalue weighted by atomic mass is 16.7. The third-order valence-corrected chi connectivity index (χ3v) is 2.88. The first-order valence-corrected chi connectivity index (χ1v) is 6.95. The fraction of sp³-hybridized carbons (Fsp3) is 0.533. The first kappa shape index (κ1) is 14.8. The van der Waals surface area contributed by atoms with E-state index >= 15 is 0 Å². The van der Waals surface area contributed by atoms with Crippen molar-refractivity contribution in [2.75, 3.05) is 19.8 Å². The zero-order valence-corrected chi connectivity index (χ0v) is 11.9. The minimum atomic E-state index is -0.376. The summed E-state index contributed by atoms with van der Waals surface area (Å²) in [6.45, 7) is 5.49. The largest absolute Gasteiger partial charge is 0.490 e. The van der Waals surface area contributed by atoms with Gasteiger partial charge in [0.1, 0.15) is 0 Å². The fourth-order valence-electron chi connectivity index (χ4n) is 1.90. The van der Waals surface area contributed by atoms with Crippen molar-refractivity contribution in [1.29, 1.82) is 0 Å². The van der Waals surface area contributed by atoms with E-state index in [0.29, 0.717) is 37.7 Å². The Balaban J connectivity index is 2.19. The summed E-state index contributed by atoms with van der Waals surface area (Å²) >= 11 is 0. The van der Waals surface area contributed by atoms with E-state index in [1.165, 1.54) is 0 Å². The van der Waals surface area contributed by atoms with Gasteiger partial charge in [-0.3, -0.25) is 4.79 Å². The Morgan fingerprint density at radius 3 is 2.65 bits per heavy atom. The van der Waals surface area contributed by atoms with Gasteiger partial charge in [-0.15, -0.1) is 0 Å². The second-order valence-corrected chi connectivity index (χ2v) is 4.39. The number of carbonyl (C=O) groups is 1. The smallest absolute Gasteiger partial charge is 0.311 e. The monoisotopic (exact) mass is 280 g/mol. The van der Waals surface area contributed by atoms with Crippen LogP contribution < -0.4 is 9.47 Å². The van der Waals surface area contributed by atoms with Gasteiger partial charge in [0, 0.05) is 12.0 Å². The van der Waals surface area contributed by atoms with Gasteiger partial charge >= 0.3 is 5.97 Å². The standard InChI is InChI=1S/C15H20O5/c1-3-14(16)20-12-7-6-11(10-13(12)17-4-2)15-18-8-5-9-19-15/h6-7,10,15H,3-5,8-9H2,1-2H3. The number of carbonyl (C=O) groups excluding carboxylic acids is 1. The zero-order valence-electron chi connectivity index (χ0n) is 11.9. The van der Waals surface area contributed by atoms with Crippen LogP contribution in [0, 0.1) is 0 Å². The van der Waals surface area contributed by atoms with Crippen LogP contribution in [-0.4, -0.2) is 25.8 Å². The lowest BCUT2D eigenvalue weighted by Crippen LogP contribution is -2.18. The predicted molar refractivity (Wildman–Crippen MR) is 72.8 cm³/mol. The van der Waals surface area contributed by atoms with Gasteiger partial charge in [-0.2, -0.15) is 0 Å². The summed E-state index contributed by atoms with van der Waals surface area (Å²) in [4.78, 5) is 11.4. The molecule has 0 N–H and O–H groups in total. The van der Waals surface area contributed by atoms with Gasteiger partial charge in [0.2, 0.25) is 0 Å². The lowest BCUT2D eigenvalue weighted by Gasteiger charge is -2.24. The van der Waals surface area contributed by atoms with E-state index in [1.54, 1.807) is 19.1 Å². The predicted octanol–water partition coefficient (Wildman–Crippen LogP) is 2.84. The van der Waals surface area contributed by atoms with Crippen LogP contribution in [0.4, 0.5) is 0 Å². The summed E-state index contributed by atoms with van der Waals surface area (Å²) in [5.41, 5.74) is 0.865. The molecule has 5 heteroatoms. The van der Waals surface area contributed by atoms with Crippen molar-refractivity contribution in [3.8, 4) is 11.5 Å². The Morgan fingerprint density at radius 1 is 1.25 bits per heavy atom. The maximum Gasteiger partial charge on any atom is 0.311 e. The van der Waals surface area contributed by atoms with Crippen molar-refractivity contribution in [1.82, 2.24) is 0 Å². The minimum absolute atomic E-state index is 0.288. The molecule has 0 amide bonds. The van der Waals surface area contributed by atoms with E-state index in [0.717, 1.165) is 12.0 Å². The second kappa shape index (κ2) is 7.26. The molecule has 0 spiro atoms. The number of rotatable bonds is 5. The summed E-state index contributed by atoms with van der Waals surface area (Å²) in [5, 5.41) is 0. The molecule has 0 aromatic heterocycles. The van der Waals surface area contributed by atoms with Crippen LogP contribution in [-0.2, 0) is 14.3 Å². The van der Waals surface area contributed by atoms with Crippen LogP contribution in [0.25, 0.3) is 0 Å². The molecule has 0 aliphatic carbocycles. The number of benzene rings is 1. The average molecular weight is 280 g/mol. The summed E-state index contributed by atoms with van der Waals surface area (Å²) in [7, 11) is 0. The maximum atomic E-state index is 11.4. The first-order valence-electron chi connectivity index (χ1n) is 6.95. The highest BCUT2D eigenvalue weighted by molar-refractivity contribution is 5.72. The van der Waals surface area contributed by atoms with Crippen molar-refractivity contribution in [3.63, 3.8) is 0 Å². The maximum absolute atomic E-state index is 11.4. The van der Waals surface area contributed by atoms with E-state index < -0.39 is 0 Å². The highest BCUT2D eigenvalue weighted by Gasteiger charge is 2.19. The van der Waals surface area contributed by atoms with Crippen molar-refractivity contribution in [2.24, 2.45) is 0 Å². The highest BCUT2D eigenvalue weighted by Crippen LogP contribution is 2.33. The van der Waals surface area contributed by atoms with Crippen molar-refractivity contribution in [2.45, 2.75) is 33.0 Å². The normalized spacial score (nSPS) is 15.9. The molecule has 110 valence electrons. The topological polar surface area (TPSA) is 54.0 Å². The lowest BCUT2D eigenvalue weighted by molar-refractivity contribution is -0.183. The number of esters is 1. The Morgan fingerprint density at radius 2 is 2.00 bits per heavy atom. The molecule has 20 heavy (non-hydrogen) atoms. The molecule has 0 unspecified atom stereocenters. The molecule has 0 saturated carbocycles. The van der Waals surface area contributed by atoms with Crippen LogP contribution >= 0.6 is 0 Å². The number of hydrogen-bond acceptors (Lipinski definition) is 5. The van der Waals surface area contributed by atoms with Crippen LogP contribution in [0.5, 0.6) is 11.5 Å². The average Bonchev–Trinajstić information content (AvgIpc) is 2.50. The van der Waals surface area contributed by atoms with Gasteiger partial charge in [0.15, 0.2) is 17.8 Å². The Labute approximate surface area is 118 Å². The van der Waals surface area contributed by atoms with Gasteiger partial charge in [-0.1, -0.05) is 6.92 Å². The fourth-order valence-corrected chi connectivity index (χ4v) is 1.90. The van der Waals surface area contributed by atoms with Crippen LogP contribution in [0.2, 0.25) is 0 Å². The Hall–Kier alpha value is -1.59. The first-order chi connectivity index (χ1) is 9.74. The molecule has 5 nitrogen and oxygen atoms in total.